The molecule has 14 heavy (non-hydrogen) atoms. The number of halogens is 1. The lowest BCUT2D eigenvalue weighted by molar-refractivity contribution is -0.116. The largest absolute Gasteiger partial charge is 0.324 e. The molecule has 1 atom stereocenters. The molecule has 0 radical (unpaired) electrons. The van der Waals surface area contributed by atoms with E-state index >= 15 is 0 Å². The molecule has 1 aromatic rings. The summed E-state index contributed by atoms with van der Waals surface area (Å²) < 4.78 is 0. The van der Waals surface area contributed by atoms with Gasteiger partial charge in [-0.05, 0) is 12.1 Å². The van der Waals surface area contributed by atoms with Gasteiger partial charge in [0.2, 0.25) is 5.91 Å². The highest BCUT2D eigenvalue weighted by Gasteiger charge is 2.19. The lowest BCUT2D eigenvalue weighted by Crippen LogP contribution is -2.36. The summed E-state index contributed by atoms with van der Waals surface area (Å²) in [6, 6.07) is 7.32. The first-order valence-electron chi connectivity index (χ1n) is 4.05. The summed E-state index contributed by atoms with van der Waals surface area (Å²) in [4.78, 5) is 12.4. The van der Waals surface area contributed by atoms with E-state index in [2.05, 4.69) is 5.32 Å². The Bertz CT molecular complexity index is 345. The number of fused-ring (bicyclic) bond motifs is 1. The summed E-state index contributed by atoms with van der Waals surface area (Å²) in [6.07, 6.45) is 0. The van der Waals surface area contributed by atoms with Gasteiger partial charge in [0, 0.05) is 10.6 Å². The summed E-state index contributed by atoms with van der Waals surface area (Å²) in [6.45, 7) is 0. The smallest absolute Gasteiger partial charge is 0.242 e. The fourth-order valence-electron chi connectivity index (χ4n) is 1.18. The van der Waals surface area contributed by atoms with Gasteiger partial charge < -0.3 is 11.1 Å². The number of amides is 1. The predicted octanol–water partition coefficient (Wildman–Crippen LogP) is 1.48. The van der Waals surface area contributed by atoms with Crippen molar-refractivity contribution in [2.75, 3.05) is 11.1 Å². The van der Waals surface area contributed by atoms with E-state index < -0.39 is 6.04 Å². The van der Waals surface area contributed by atoms with Crippen molar-refractivity contribution in [2.45, 2.75) is 10.9 Å². The molecule has 1 unspecified atom stereocenters. The van der Waals surface area contributed by atoms with Gasteiger partial charge in [0.25, 0.3) is 0 Å². The van der Waals surface area contributed by atoms with Crippen molar-refractivity contribution < 1.29 is 4.79 Å². The van der Waals surface area contributed by atoms with Gasteiger partial charge in [-0.15, -0.1) is 24.2 Å². The highest BCUT2D eigenvalue weighted by molar-refractivity contribution is 7.99. The second-order valence-electron chi connectivity index (χ2n) is 2.90. The molecule has 0 aliphatic carbocycles. The van der Waals surface area contributed by atoms with Crippen molar-refractivity contribution >= 4 is 35.8 Å². The van der Waals surface area contributed by atoms with E-state index in [1.165, 1.54) is 0 Å². The topological polar surface area (TPSA) is 55.1 Å². The molecule has 2 rings (SSSR count). The average Bonchev–Trinajstić information content (AvgIpc) is 2.28. The van der Waals surface area contributed by atoms with Gasteiger partial charge in [0.15, 0.2) is 0 Å². The van der Waals surface area contributed by atoms with Crippen molar-refractivity contribution in [1.82, 2.24) is 0 Å². The molecule has 1 aromatic carbocycles. The van der Waals surface area contributed by atoms with E-state index in [9.17, 15) is 4.79 Å². The van der Waals surface area contributed by atoms with Crippen molar-refractivity contribution in [2.24, 2.45) is 5.73 Å². The van der Waals surface area contributed by atoms with Crippen LogP contribution in [0.5, 0.6) is 0 Å². The van der Waals surface area contributed by atoms with E-state index in [-0.39, 0.29) is 18.3 Å². The quantitative estimate of drug-likeness (QED) is 0.710. The number of rotatable bonds is 0. The molecule has 3 nitrogen and oxygen atoms in total. The first kappa shape index (κ1) is 11.4. The Kier molecular flexibility index (Phi) is 3.80. The minimum absolute atomic E-state index is 0. The van der Waals surface area contributed by atoms with E-state index in [4.69, 9.17) is 5.73 Å². The number of benzene rings is 1. The van der Waals surface area contributed by atoms with Crippen LogP contribution >= 0.6 is 24.2 Å². The third-order valence-corrected chi connectivity index (χ3v) is 3.09. The van der Waals surface area contributed by atoms with Crippen LogP contribution in [0.15, 0.2) is 29.2 Å². The molecule has 1 aliphatic heterocycles. The Morgan fingerprint density at radius 3 is 2.93 bits per heavy atom. The number of carbonyl (C=O) groups is 1. The summed E-state index contributed by atoms with van der Waals surface area (Å²) >= 11 is 1.61. The molecule has 1 aliphatic rings. The zero-order chi connectivity index (χ0) is 9.26. The second kappa shape index (κ2) is 4.68. The number of carbonyl (C=O) groups excluding carboxylic acids is 1. The van der Waals surface area contributed by atoms with E-state index in [1.54, 1.807) is 11.8 Å². The van der Waals surface area contributed by atoms with Crippen LogP contribution in [0.4, 0.5) is 5.69 Å². The van der Waals surface area contributed by atoms with Gasteiger partial charge in [-0.25, -0.2) is 0 Å². The average molecular weight is 231 g/mol. The van der Waals surface area contributed by atoms with Crippen LogP contribution in [0, 0.1) is 0 Å². The molecule has 1 amide bonds. The Labute approximate surface area is 92.8 Å². The molecular formula is C9H11ClN2OS. The van der Waals surface area contributed by atoms with Gasteiger partial charge >= 0.3 is 0 Å². The maximum Gasteiger partial charge on any atom is 0.242 e. The zero-order valence-corrected chi connectivity index (χ0v) is 9.03. The van der Waals surface area contributed by atoms with Crippen molar-refractivity contribution in [3.05, 3.63) is 24.3 Å². The molecule has 3 N–H and O–H groups in total. The van der Waals surface area contributed by atoms with Crippen LogP contribution in [0.3, 0.4) is 0 Å². The number of nitrogens with two attached hydrogens (primary N) is 1. The van der Waals surface area contributed by atoms with Gasteiger partial charge in [0.05, 0.1) is 11.7 Å². The third kappa shape index (κ3) is 2.20. The molecule has 0 bridgehead atoms. The maximum absolute atomic E-state index is 11.3. The normalized spacial score (nSPS) is 20.1. The van der Waals surface area contributed by atoms with Crippen LogP contribution in [0.1, 0.15) is 0 Å². The minimum atomic E-state index is -0.405. The maximum atomic E-state index is 11.3. The standard InChI is InChI=1S/C9H10N2OS.ClH/c10-6-5-13-8-4-2-1-3-7(8)11-9(6)12;/h1-4,6H,5,10H2,(H,11,12);1H. The first-order valence-corrected chi connectivity index (χ1v) is 5.04. The Hall–Kier alpha value is -0.710. The lowest BCUT2D eigenvalue weighted by atomic mass is 10.3. The summed E-state index contributed by atoms with van der Waals surface area (Å²) in [7, 11) is 0. The molecule has 5 heteroatoms. The monoisotopic (exact) mass is 230 g/mol. The second-order valence-corrected chi connectivity index (χ2v) is 3.96. The van der Waals surface area contributed by atoms with Crippen LogP contribution in [-0.2, 0) is 4.79 Å². The molecule has 0 saturated carbocycles. The van der Waals surface area contributed by atoms with Crippen molar-refractivity contribution in [3.8, 4) is 0 Å². The molecule has 0 saturated heterocycles. The fraction of sp³-hybridized carbons (Fsp3) is 0.222. The molecule has 76 valence electrons. The highest BCUT2D eigenvalue weighted by Crippen LogP contribution is 2.29. The fourth-order valence-corrected chi connectivity index (χ4v) is 2.14. The Morgan fingerprint density at radius 2 is 2.14 bits per heavy atom. The Balaban J connectivity index is 0.000000980. The lowest BCUT2D eigenvalue weighted by Gasteiger charge is -2.05. The number of hydrogen-bond donors (Lipinski definition) is 2. The van der Waals surface area contributed by atoms with Crippen LogP contribution in [0.25, 0.3) is 0 Å². The highest BCUT2D eigenvalue weighted by atomic mass is 35.5. The van der Waals surface area contributed by atoms with Crippen molar-refractivity contribution in [3.63, 3.8) is 0 Å². The summed E-state index contributed by atoms with van der Waals surface area (Å²) in [5, 5.41) is 2.79. The Morgan fingerprint density at radius 1 is 1.43 bits per heavy atom. The van der Waals surface area contributed by atoms with E-state index in [0.717, 1.165) is 10.6 Å². The van der Waals surface area contributed by atoms with Gasteiger partial charge in [-0.1, -0.05) is 12.1 Å². The summed E-state index contributed by atoms with van der Waals surface area (Å²) in [5.74, 6) is 0.542. The molecule has 0 aromatic heterocycles. The van der Waals surface area contributed by atoms with Gasteiger partial charge in [-0.3, -0.25) is 4.79 Å². The number of hydrogen-bond acceptors (Lipinski definition) is 3. The molecule has 0 spiro atoms. The SMILES string of the molecule is Cl.NC1CSc2ccccc2NC1=O. The number of anilines is 1. The third-order valence-electron chi connectivity index (χ3n) is 1.90. The van der Waals surface area contributed by atoms with Crippen LogP contribution in [0.2, 0.25) is 0 Å². The van der Waals surface area contributed by atoms with Gasteiger partial charge in [0.1, 0.15) is 0 Å². The van der Waals surface area contributed by atoms with Crippen LogP contribution < -0.4 is 11.1 Å². The van der Waals surface area contributed by atoms with Crippen molar-refractivity contribution in [1.29, 1.82) is 0 Å². The van der Waals surface area contributed by atoms with Gasteiger partial charge in [-0.2, -0.15) is 0 Å². The van der Waals surface area contributed by atoms with E-state index in [1.807, 2.05) is 24.3 Å². The van der Waals surface area contributed by atoms with Crippen LogP contribution in [-0.4, -0.2) is 17.7 Å². The van der Waals surface area contributed by atoms with E-state index in [0.29, 0.717) is 5.75 Å². The molecule has 1 heterocycles. The first-order chi connectivity index (χ1) is 6.27. The minimum Gasteiger partial charge on any atom is -0.324 e. The number of para-hydroxylation sites is 1. The zero-order valence-electron chi connectivity index (χ0n) is 7.40. The molecular weight excluding hydrogens is 220 g/mol. The number of thioether (sulfide) groups is 1. The predicted molar refractivity (Wildman–Crippen MR) is 61.0 cm³/mol. The number of nitrogens with one attached hydrogen (secondary N) is 1. The summed E-state index contributed by atoms with van der Waals surface area (Å²) in [5.41, 5.74) is 6.49. The molecule has 0 fully saturated rings.